The molecule has 0 bridgehead atoms. The van der Waals surface area contributed by atoms with Crippen LogP contribution < -0.4 is 5.30 Å². The predicted molar refractivity (Wildman–Crippen MR) is 67.8 cm³/mol. The first-order chi connectivity index (χ1) is 7.21. The molecule has 1 saturated carbocycles. The van der Waals surface area contributed by atoms with E-state index in [-0.39, 0.29) is 0 Å². The van der Waals surface area contributed by atoms with Gasteiger partial charge in [0.25, 0.3) is 0 Å². The summed E-state index contributed by atoms with van der Waals surface area (Å²) in [6.07, 6.45) is 6.27. The maximum absolute atomic E-state index is 10.7. The monoisotopic (exact) mass is 288 g/mol. The summed E-state index contributed by atoms with van der Waals surface area (Å²) in [6, 6.07) is 10.1. The average Bonchev–Trinajstić information content (AvgIpc) is 2.31. The van der Waals surface area contributed by atoms with Gasteiger partial charge in [0.15, 0.2) is 0 Å². The molecule has 2 rings (SSSR count). The molecule has 0 spiro atoms. The van der Waals surface area contributed by atoms with E-state index < -0.39 is 5.74 Å². The van der Waals surface area contributed by atoms with Crippen LogP contribution in [0.25, 0.3) is 0 Å². The van der Waals surface area contributed by atoms with Gasteiger partial charge in [-0.25, -0.2) is 0 Å². The van der Waals surface area contributed by atoms with Crippen LogP contribution in [0, 0.1) is 0 Å². The Morgan fingerprint density at radius 1 is 1.07 bits per heavy atom. The van der Waals surface area contributed by atoms with Gasteiger partial charge in [0.05, 0.1) is 0 Å². The molecule has 15 heavy (non-hydrogen) atoms. The summed E-state index contributed by atoms with van der Waals surface area (Å²) in [5, 5.41) is 1.12. The van der Waals surface area contributed by atoms with E-state index in [0.29, 0.717) is 5.66 Å². The van der Waals surface area contributed by atoms with Gasteiger partial charge in [-0.05, 0) is 0 Å². The van der Waals surface area contributed by atoms with Crippen LogP contribution in [0.1, 0.15) is 32.1 Å². The molecular formula is C12H17OPSe. The fraction of sp³-hybridized carbons (Fsp3) is 0.500. The zero-order chi connectivity index (χ0) is 10.7. The van der Waals surface area contributed by atoms with Gasteiger partial charge in [-0.1, -0.05) is 0 Å². The molecule has 1 N–H and O–H groups in total. The molecule has 82 valence electrons. The van der Waals surface area contributed by atoms with E-state index in [1.54, 1.807) is 0 Å². The van der Waals surface area contributed by atoms with Gasteiger partial charge in [-0.2, -0.15) is 0 Å². The fourth-order valence-corrected chi connectivity index (χ4v) is 6.46. The van der Waals surface area contributed by atoms with Crippen molar-refractivity contribution in [2.24, 2.45) is 0 Å². The molecule has 1 fully saturated rings. The summed E-state index contributed by atoms with van der Waals surface area (Å²) in [4.78, 5) is 10.7. The molecule has 0 saturated heterocycles. The van der Waals surface area contributed by atoms with Crippen molar-refractivity contribution in [1.29, 1.82) is 0 Å². The van der Waals surface area contributed by atoms with E-state index in [1.165, 1.54) is 32.1 Å². The van der Waals surface area contributed by atoms with Crippen molar-refractivity contribution in [3.05, 3.63) is 30.3 Å². The second-order valence-corrected chi connectivity index (χ2v) is 10.2. The van der Waals surface area contributed by atoms with Gasteiger partial charge in [0.2, 0.25) is 0 Å². The molecule has 1 atom stereocenters. The third-order valence-electron chi connectivity index (χ3n) is 3.20. The summed E-state index contributed by atoms with van der Waals surface area (Å²) in [5.74, 6) is 0. The van der Waals surface area contributed by atoms with E-state index in [1.807, 2.05) is 18.2 Å². The van der Waals surface area contributed by atoms with Crippen LogP contribution in [-0.2, 0) is 0 Å². The van der Waals surface area contributed by atoms with Crippen LogP contribution in [0.3, 0.4) is 0 Å². The summed E-state index contributed by atoms with van der Waals surface area (Å²) < 4.78 is 0. The molecule has 0 aromatic heterocycles. The maximum atomic E-state index is 10.7. The van der Waals surface area contributed by atoms with Crippen LogP contribution in [0.2, 0.25) is 0 Å². The van der Waals surface area contributed by atoms with Crippen molar-refractivity contribution in [3.8, 4) is 0 Å². The van der Waals surface area contributed by atoms with Gasteiger partial charge >= 0.3 is 99.1 Å². The molecule has 0 amide bonds. The van der Waals surface area contributed by atoms with Crippen molar-refractivity contribution < 1.29 is 4.89 Å². The molecule has 0 radical (unpaired) electrons. The van der Waals surface area contributed by atoms with E-state index in [9.17, 15) is 4.89 Å². The second-order valence-electron chi connectivity index (χ2n) is 4.25. The van der Waals surface area contributed by atoms with Crippen LogP contribution in [-0.4, -0.2) is 25.7 Å². The van der Waals surface area contributed by atoms with Gasteiger partial charge in [0.1, 0.15) is 0 Å². The van der Waals surface area contributed by atoms with Gasteiger partial charge in [-0.3, -0.25) is 0 Å². The van der Waals surface area contributed by atoms with Crippen LogP contribution in [0.15, 0.2) is 30.3 Å². The third kappa shape index (κ3) is 2.63. The van der Waals surface area contributed by atoms with E-state index in [0.717, 1.165) is 5.30 Å². The summed E-state index contributed by atoms with van der Waals surface area (Å²) >= 11 is 3.11. The number of benzene rings is 1. The Kier molecular flexibility index (Phi) is 3.85. The van der Waals surface area contributed by atoms with Crippen molar-refractivity contribution in [3.63, 3.8) is 0 Å². The van der Waals surface area contributed by atoms with Crippen molar-refractivity contribution in [1.82, 2.24) is 0 Å². The number of hydrogen-bond donors (Lipinski definition) is 1. The second kappa shape index (κ2) is 4.97. The third-order valence-corrected chi connectivity index (χ3v) is 8.94. The molecule has 1 nitrogen and oxygen atoms in total. The van der Waals surface area contributed by atoms with E-state index >= 15 is 0 Å². The fourth-order valence-electron chi connectivity index (χ4n) is 2.28. The Labute approximate surface area is 99.2 Å². The Bertz CT molecular complexity index is 357. The molecule has 0 aliphatic heterocycles. The van der Waals surface area contributed by atoms with Gasteiger partial charge < -0.3 is 0 Å². The van der Waals surface area contributed by atoms with Crippen molar-refractivity contribution in [2.45, 2.75) is 37.8 Å². The van der Waals surface area contributed by atoms with Crippen LogP contribution in [0.5, 0.6) is 0 Å². The van der Waals surface area contributed by atoms with E-state index in [2.05, 4.69) is 27.2 Å². The summed E-state index contributed by atoms with van der Waals surface area (Å²) in [6.45, 7) is 0. The average molecular weight is 287 g/mol. The number of hydrogen-bond acceptors (Lipinski definition) is 1. The molecule has 0 heterocycles. The Hall–Kier alpha value is 0.129. The topological polar surface area (TPSA) is 20.2 Å². The summed E-state index contributed by atoms with van der Waals surface area (Å²) in [7, 11) is 0. The van der Waals surface area contributed by atoms with Crippen molar-refractivity contribution >= 4 is 26.1 Å². The zero-order valence-electron chi connectivity index (χ0n) is 8.80. The minimum absolute atomic E-state index is 0.494. The van der Waals surface area contributed by atoms with Crippen LogP contribution in [0.4, 0.5) is 0 Å². The Balaban J connectivity index is 2.22. The van der Waals surface area contributed by atoms with E-state index in [4.69, 9.17) is 0 Å². The molecule has 1 aliphatic carbocycles. The molecular weight excluding hydrogens is 270 g/mol. The molecule has 1 unspecified atom stereocenters. The minimum atomic E-state index is -2.00. The first-order valence-electron chi connectivity index (χ1n) is 5.59. The molecule has 1 aromatic rings. The Morgan fingerprint density at radius 2 is 1.67 bits per heavy atom. The zero-order valence-corrected chi connectivity index (χ0v) is 11.4. The first-order valence-corrected chi connectivity index (χ1v) is 9.62. The van der Waals surface area contributed by atoms with Gasteiger partial charge in [0, 0.05) is 0 Å². The van der Waals surface area contributed by atoms with Crippen LogP contribution >= 0.6 is 5.74 Å². The molecule has 1 aliphatic rings. The SMILES string of the molecule is OP(=[Se])(c1ccccc1)C1CCCCC1. The first kappa shape index (κ1) is 11.6. The normalized spacial score (nSPS) is 22.2. The number of rotatable bonds is 2. The van der Waals surface area contributed by atoms with Crippen molar-refractivity contribution in [2.75, 3.05) is 0 Å². The summed E-state index contributed by atoms with van der Waals surface area (Å²) in [5.41, 5.74) is -1.50. The Morgan fingerprint density at radius 3 is 2.27 bits per heavy atom. The standard InChI is InChI=1S/C12H17OPSe/c13-14(15,11-7-3-1-4-8-11)12-9-5-2-6-10-12/h1,3-4,7-8,12H,2,5-6,9-10H2,(H,13,15). The quantitative estimate of drug-likeness (QED) is 0.655. The molecule has 3 heteroatoms. The molecule has 1 aromatic carbocycles. The van der Waals surface area contributed by atoms with Gasteiger partial charge in [-0.15, -0.1) is 0 Å². The predicted octanol–water partition coefficient (Wildman–Crippen LogP) is 2.65.